The first-order valence-corrected chi connectivity index (χ1v) is 8.88. The third kappa shape index (κ3) is 3.21. The van der Waals surface area contributed by atoms with Crippen molar-refractivity contribution in [2.24, 2.45) is 5.92 Å². The van der Waals surface area contributed by atoms with Gasteiger partial charge >= 0.3 is 12.2 Å². The first-order chi connectivity index (χ1) is 14.6. The second kappa shape index (κ2) is 6.37. The molecule has 6 nitrogen and oxygen atoms in total. The van der Waals surface area contributed by atoms with E-state index in [0.717, 1.165) is 0 Å². The minimum absolute atomic E-state index is 0.207. The summed E-state index contributed by atoms with van der Waals surface area (Å²) in [5, 5.41) is 3.81. The van der Waals surface area contributed by atoms with E-state index in [9.17, 15) is 27.6 Å². The maximum atomic E-state index is 13.2. The van der Waals surface area contributed by atoms with Crippen molar-refractivity contribution in [3.05, 3.63) is 33.8 Å². The van der Waals surface area contributed by atoms with Gasteiger partial charge in [0.1, 0.15) is 5.54 Å². The van der Waals surface area contributed by atoms with E-state index in [1.54, 1.807) is 0 Å². The predicted molar refractivity (Wildman–Crippen MR) is 92.1 cm³/mol. The Hall–Kier alpha value is -2.29. The number of imide groups is 1. The molecule has 1 aromatic carbocycles. The van der Waals surface area contributed by atoms with Gasteiger partial charge in [-0.15, -0.1) is 0 Å². The molecule has 0 spiro atoms. The highest BCUT2D eigenvalue weighted by Crippen LogP contribution is 2.44. The fourth-order valence-corrected chi connectivity index (χ4v) is 3.80. The van der Waals surface area contributed by atoms with E-state index in [0.29, 0.717) is 25.0 Å². The van der Waals surface area contributed by atoms with Gasteiger partial charge in [0.2, 0.25) is 5.91 Å². The molecule has 2 N–H and O–H groups in total. The predicted octanol–water partition coefficient (Wildman–Crippen LogP) is 2.97. The van der Waals surface area contributed by atoms with Crippen LogP contribution in [0.4, 0.5) is 18.0 Å². The molecule has 10 heteroatoms. The van der Waals surface area contributed by atoms with E-state index in [2.05, 4.69) is 10.6 Å². The highest BCUT2D eigenvalue weighted by molar-refractivity contribution is 6.31. The fourth-order valence-electron chi connectivity index (χ4n) is 3.53. The molecule has 0 unspecified atom stereocenters. The van der Waals surface area contributed by atoms with E-state index < -0.39 is 70.7 Å². The second-order valence-corrected chi connectivity index (χ2v) is 7.39. The molecule has 3 aliphatic rings. The van der Waals surface area contributed by atoms with Crippen LogP contribution in [0.5, 0.6) is 0 Å². The number of urea groups is 1. The first kappa shape index (κ1) is 14.7. The molecule has 1 aliphatic carbocycles. The van der Waals surface area contributed by atoms with Crippen LogP contribution < -0.4 is 10.6 Å². The molecular weight excluding hydrogens is 399 g/mol. The molecule has 28 heavy (non-hydrogen) atoms. The molecule has 4 rings (SSSR count). The summed E-state index contributed by atoms with van der Waals surface area (Å²) < 4.78 is 72.8. The largest absolute Gasteiger partial charge is 0.417 e. The summed E-state index contributed by atoms with van der Waals surface area (Å²) in [6.45, 7) is -5.70. The summed E-state index contributed by atoms with van der Waals surface area (Å²) >= 11 is 5.68. The van der Waals surface area contributed by atoms with Crippen molar-refractivity contribution < 1.29 is 33.0 Å². The van der Waals surface area contributed by atoms with Gasteiger partial charge in [0, 0.05) is 19.4 Å². The lowest BCUT2D eigenvalue weighted by molar-refractivity contribution is -0.137. The van der Waals surface area contributed by atoms with Gasteiger partial charge in [0.15, 0.2) is 0 Å². The van der Waals surface area contributed by atoms with Crippen LogP contribution in [0, 0.1) is 5.92 Å². The summed E-state index contributed by atoms with van der Waals surface area (Å²) in [5.41, 5.74) is -3.84. The molecule has 0 bridgehead atoms. The van der Waals surface area contributed by atoms with E-state index in [1.807, 2.05) is 0 Å². The van der Waals surface area contributed by atoms with Crippen molar-refractivity contribution in [3.8, 4) is 0 Å². The fraction of sp³-hybridized carbons (Fsp3) is 0.500. The number of fused-ring (bicyclic) bond motifs is 1. The second-order valence-electron chi connectivity index (χ2n) is 6.98. The molecule has 1 aromatic rings. The monoisotopic (exact) mass is 419 g/mol. The Morgan fingerprint density at radius 1 is 1.29 bits per heavy atom. The Balaban J connectivity index is 1.65. The van der Waals surface area contributed by atoms with Crippen molar-refractivity contribution in [1.29, 1.82) is 0 Å². The maximum absolute atomic E-state index is 13.2. The van der Waals surface area contributed by atoms with E-state index in [-0.39, 0.29) is 17.2 Å². The number of alkyl halides is 3. The molecule has 2 fully saturated rings. The molecule has 1 atom stereocenters. The number of nitrogens with one attached hydrogen (secondary N) is 2. The molecule has 1 saturated heterocycles. The van der Waals surface area contributed by atoms with Gasteiger partial charge in [-0.25, -0.2) is 4.79 Å². The lowest BCUT2D eigenvalue weighted by Gasteiger charge is -2.26. The van der Waals surface area contributed by atoms with Crippen LogP contribution in [-0.2, 0) is 28.8 Å². The molecule has 0 aromatic heterocycles. The Morgan fingerprint density at radius 3 is 2.46 bits per heavy atom. The van der Waals surface area contributed by atoms with Crippen molar-refractivity contribution in [2.75, 3.05) is 0 Å². The zero-order valence-electron chi connectivity index (χ0n) is 18.2. The van der Waals surface area contributed by atoms with Crippen LogP contribution >= 0.6 is 11.6 Å². The minimum Gasteiger partial charge on any atom is -0.334 e. The zero-order chi connectivity index (χ0) is 23.9. The Labute approximate surface area is 169 Å². The van der Waals surface area contributed by atoms with E-state index in [1.165, 1.54) is 0 Å². The number of benzene rings is 1. The maximum Gasteiger partial charge on any atom is 0.417 e. The normalized spacial score (nSPS) is 29.9. The lowest BCUT2D eigenvalue weighted by atomic mass is 9.88. The number of nitrogens with zero attached hydrogens (tertiary/aromatic N) is 1. The number of amides is 4. The summed E-state index contributed by atoms with van der Waals surface area (Å²) in [6, 6.07) is 0.378. The minimum atomic E-state index is -4.91. The van der Waals surface area contributed by atoms with Crippen LogP contribution in [0.1, 0.15) is 47.9 Å². The number of rotatable bonds is 4. The number of carbonyl (C=O) groups is 3. The van der Waals surface area contributed by atoms with Gasteiger partial charge in [0.25, 0.3) is 5.91 Å². The van der Waals surface area contributed by atoms with Crippen LogP contribution in [0.2, 0.25) is 5.02 Å². The number of carbonyl (C=O) groups excluding carboxylic acids is 3. The number of hydrogen-bond donors (Lipinski definition) is 2. The molecule has 1 saturated carbocycles. The quantitative estimate of drug-likeness (QED) is 0.736. The van der Waals surface area contributed by atoms with Gasteiger partial charge in [0.05, 0.1) is 16.1 Å². The van der Waals surface area contributed by atoms with Crippen molar-refractivity contribution >= 4 is 29.4 Å². The molecule has 2 heterocycles. The third-order valence-corrected chi connectivity index (χ3v) is 5.42. The van der Waals surface area contributed by atoms with Crippen LogP contribution in [0.15, 0.2) is 12.1 Å². The van der Waals surface area contributed by atoms with Crippen LogP contribution in [-0.4, -0.2) is 28.3 Å². The molecule has 2 aliphatic heterocycles. The first-order valence-electron chi connectivity index (χ1n) is 10.5. The van der Waals surface area contributed by atoms with E-state index in [4.69, 9.17) is 17.1 Å². The van der Waals surface area contributed by atoms with Crippen molar-refractivity contribution in [1.82, 2.24) is 15.5 Å². The highest BCUT2D eigenvalue weighted by Gasteiger charge is 2.55. The van der Waals surface area contributed by atoms with E-state index >= 15 is 0 Å². The third-order valence-electron chi connectivity index (χ3n) is 5.10. The lowest BCUT2D eigenvalue weighted by Crippen LogP contribution is -2.49. The molecule has 4 amide bonds. The van der Waals surface area contributed by atoms with Gasteiger partial charge in [-0.1, -0.05) is 11.6 Å². The Kier molecular flexibility index (Phi) is 3.34. The van der Waals surface area contributed by atoms with Crippen LogP contribution in [0.3, 0.4) is 0 Å². The number of halogens is 4. The molecular formula is C18H17ClF3N3O3. The average Bonchev–Trinajstić information content (AvgIpc) is 3.41. The van der Waals surface area contributed by atoms with Crippen LogP contribution in [0.25, 0.3) is 0 Å². The Bertz CT molecular complexity index is 1050. The standard InChI is InChI=1S/C18H17ClF3N3O3/c19-13-6-10-8-25(7-9(10)5-12(13)18(20,21)22)14(26)3-4-17(11-1-2-11)15(27)23-16(28)24-17/h5-6,11H,1-4,7-8H2,(H2,23,24,27,28)/t17-/m0/s1/i7D2,8D2. The molecule has 0 radical (unpaired) electrons. The van der Waals surface area contributed by atoms with Crippen molar-refractivity contribution in [3.63, 3.8) is 0 Å². The summed E-state index contributed by atoms with van der Waals surface area (Å²) in [7, 11) is 0. The Morgan fingerprint density at radius 2 is 1.93 bits per heavy atom. The number of hydrogen-bond acceptors (Lipinski definition) is 3. The summed E-state index contributed by atoms with van der Waals surface area (Å²) in [6.07, 6.45) is -4.36. The topological polar surface area (TPSA) is 78.5 Å². The van der Waals surface area contributed by atoms with Gasteiger partial charge < -0.3 is 10.2 Å². The molecule has 150 valence electrons. The SMILES string of the molecule is [2H]C1([2H])c2cc(Cl)c(C(F)(F)F)cc2C([2H])([2H])N1C(=O)CC[C@@]1(C2CC2)NC(=O)NC1=O. The van der Waals surface area contributed by atoms with Crippen molar-refractivity contribution in [2.45, 2.75) is 50.4 Å². The highest BCUT2D eigenvalue weighted by atomic mass is 35.5. The zero-order valence-corrected chi connectivity index (χ0v) is 15.0. The summed E-state index contributed by atoms with van der Waals surface area (Å²) in [4.78, 5) is 37.2. The summed E-state index contributed by atoms with van der Waals surface area (Å²) in [5.74, 6) is -1.89. The average molecular weight is 420 g/mol. The van der Waals surface area contributed by atoms with Gasteiger partial charge in [-0.3, -0.25) is 14.9 Å². The smallest absolute Gasteiger partial charge is 0.334 e. The van der Waals surface area contributed by atoms with Gasteiger partial charge in [-0.05, 0) is 48.4 Å². The van der Waals surface area contributed by atoms with Gasteiger partial charge in [-0.2, -0.15) is 13.2 Å².